The molecule has 204 valence electrons. The first kappa shape index (κ1) is 27.8. The third kappa shape index (κ3) is 6.25. The molecule has 2 fully saturated rings. The minimum atomic E-state index is -0.711. The van der Waals surface area contributed by atoms with Crippen LogP contribution in [0.3, 0.4) is 0 Å². The fourth-order valence-electron chi connectivity index (χ4n) is 5.76. The minimum absolute atomic E-state index is 0.0176. The van der Waals surface area contributed by atoms with E-state index in [9.17, 15) is 14.4 Å². The van der Waals surface area contributed by atoms with E-state index >= 15 is 0 Å². The maximum absolute atomic E-state index is 14.1. The molecule has 4 rings (SSSR count). The first-order valence-corrected chi connectivity index (χ1v) is 13.9. The Hall–Kier alpha value is -3.23. The lowest BCUT2D eigenvalue weighted by molar-refractivity contribution is -0.143. The number of benzene rings is 2. The molecule has 0 radical (unpaired) electrons. The molecule has 5 N–H and O–H groups in total. The van der Waals surface area contributed by atoms with Crippen molar-refractivity contribution in [2.45, 2.75) is 76.2 Å². The van der Waals surface area contributed by atoms with Crippen molar-refractivity contribution in [3.05, 3.63) is 71.8 Å². The van der Waals surface area contributed by atoms with Crippen molar-refractivity contribution >= 4 is 17.7 Å². The number of nitrogens with two attached hydrogens (primary N) is 1. The molecular formula is C30H41N5O3. The predicted molar refractivity (Wildman–Crippen MR) is 148 cm³/mol. The van der Waals surface area contributed by atoms with E-state index in [0.717, 1.165) is 36.9 Å². The standard InChI is InChI=1S/C30H41N5O3/c1-3-24(31)28(36)34-27-22(19-32-4-2)15-16-23-17-18-25(35(23)30(27)38)29(37)33-26(20-11-7-5-8-12-20)21-13-9-6-10-14-21/h5-14,22-27,32H,3-4,15-19,31H2,1-2H3,(H,33,37)(H,34,36). The van der Waals surface area contributed by atoms with Crippen LogP contribution in [0, 0.1) is 5.92 Å². The number of fused-ring (bicyclic) bond motifs is 1. The van der Waals surface area contributed by atoms with Crippen LogP contribution in [-0.2, 0) is 14.4 Å². The van der Waals surface area contributed by atoms with Crippen LogP contribution in [0.1, 0.15) is 63.1 Å². The predicted octanol–water partition coefficient (Wildman–Crippen LogP) is 2.49. The Morgan fingerprint density at radius 1 is 0.947 bits per heavy atom. The highest BCUT2D eigenvalue weighted by atomic mass is 16.2. The van der Waals surface area contributed by atoms with Crippen LogP contribution in [0.15, 0.2) is 60.7 Å². The van der Waals surface area contributed by atoms with Crippen molar-refractivity contribution in [2.24, 2.45) is 11.7 Å². The maximum Gasteiger partial charge on any atom is 0.246 e. The van der Waals surface area contributed by atoms with Gasteiger partial charge in [0.15, 0.2) is 0 Å². The third-order valence-corrected chi connectivity index (χ3v) is 7.95. The Morgan fingerprint density at radius 2 is 1.55 bits per heavy atom. The molecule has 5 atom stereocenters. The summed E-state index contributed by atoms with van der Waals surface area (Å²) >= 11 is 0. The van der Waals surface area contributed by atoms with Gasteiger partial charge >= 0.3 is 0 Å². The van der Waals surface area contributed by atoms with E-state index in [1.165, 1.54) is 0 Å². The summed E-state index contributed by atoms with van der Waals surface area (Å²) in [5.74, 6) is -0.731. The maximum atomic E-state index is 14.1. The molecular weight excluding hydrogens is 478 g/mol. The lowest BCUT2D eigenvalue weighted by Gasteiger charge is -2.33. The highest BCUT2D eigenvalue weighted by Gasteiger charge is 2.47. The number of nitrogens with one attached hydrogen (secondary N) is 3. The monoisotopic (exact) mass is 519 g/mol. The van der Waals surface area contributed by atoms with Gasteiger partial charge in [0.2, 0.25) is 17.7 Å². The SMILES string of the molecule is CCNCC1CCC2CCC(C(=O)NC(c3ccccc3)c3ccccc3)N2C(=O)C1NC(=O)C(N)CC. The van der Waals surface area contributed by atoms with E-state index < -0.39 is 18.1 Å². The molecule has 2 aliphatic rings. The van der Waals surface area contributed by atoms with Gasteiger partial charge in [-0.1, -0.05) is 74.5 Å². The van der Waals surface area contributed by atoms with Gasteiger partial charge in [0.1, 0.15) is 12.1 Å². The molecule has 5 unspecified atom stereocenters. The van der Waals surface area contributed by atoms with Crippen LogP contribution in [-0.4, -0.2) is 59.9 Å². The number of rotatable bonds is 10. The minimum Gasteiger partial charge on any atom is -0.343 e. The number of carbonyl (C=O) groups is 3. The third-order valence-electron chi connectivity index (χ3n) is 7.95. The zero-order valence-corrected chi connectivity index (χ0v) is 22.4. The zero-order valence-electron chi connectivity index (χ0n) is 22.4. The molecule has 2 aromatic rings. The Labute approximate surface area is 225 Å². The summed E-state index contributed by atoms with van der Waals surface area (Å²) < 4.78 is 0. The number of amides is 3. The van der Waals surface area contributed by atoms with Crippen molar-refractivity contribution < 1.29 is 14.4 Å². The topological polar surface area (TPSA) is 117 Å². The number of nitrogens with zero attached hydrogens (tertiary/aromatic N) is 1. The summed E-state index contributed by atoms with van der Waals surface area (Å²) in [7, 11) is 0. The van der Waals surface area contributed by atoms with E-state index in [4.69, 9.17) is 5.73 Å². The fraction of sp³-hybridized carbons (Fsp3) is 0.500. The molecule has 2 aromatic carbocycles. The Bertz CT molecular complexity index is 1040. The van der Waals surface area contributed by atoms with E-state index in [1.807, 2.05) is 74.5 Å². The smallest absolute Gasteiger partial charge is 0.246 e. The molecule has 0 aromatic heterocycles. The van der Waals surface area contributed by atoms with Crippen molar-refractivity contribution in [3.63, 3.8) is 0 Å². The van der Waals surface area contributed by atoms with E-state index in [2.05, 4.69) is 16.0 Å². The van der Waals surface area contributed by atoms with Gasteiger partial charge in [-0.3, -0.25) is 14.4 Å². The highest BCUT2D eigenvalue weighted by molar-refractivity contribution is 5.94. The molecule has 2 heterocycles. The van der Waals surface area contributed by atoms with Gasteiger partial charge in [-0.15, -0.1) is 0 Å². The van der Waals surface area contributed by atoms with Crippen LogP contribution < -0.4 is 21.7 Å². The first-order valence-electron chi connectivity index (χ1n) is 13.9. The van der Waals surface area contributed by atoms with Gasteiger partial charge in [0.25, 0.3) is 0 Å². The summed E-state index contributed by atoms with van der Waals surface area (Å²) in [6.45, 7) is 5.27. The second kappa shape index (κ2) is 13.0. The number of hydrogen-bond acceptors (Lipinski definition) is 5. The first-order chi connectivity index (χ1) is 18.4. The van der Waals surface area contributed by atoms with Crippen LogP contribution in [0.4, 0.5) is 0 Å². The lowest BCUT2D eigenvalue weighted by Crippen LogP contribution is -2.59. The molecule has 0 aliphatic carbocycles. The second-order valence-electron chi connectivity index (χ2n) is 10.4. The summed E-state index contributed by atoms with van der Waals surface area (Å²) in [5, 5.41) is 9.54. The molecule has 0 bridgehead atoms. The largest absolute Gasteiger partial charge is 0.343 e. The van der Waals surface area contributed by atoms with E-state index in [-0.39, 0.29) is 35.7 Å². The fourth-order valence-corrected chi connectivity index (χ4v) is 5.76. The van der Waals surface area contributed by atoms with Gasteiger partial charge in [-0.2, -0.15) is 0 Å². The molecule has 0 saturated carbocycles. The Kier molecular flexibility index (Phi) is 9.53. The summed E-state index contributed by atoms with van der Waals surface area (Å²) in [5.41, 5.74) is 7.95. The van der Waals surface area contributed by atoms with Crippen molar-refractivity contribution in [1.82, 2.24) is 20.9 Å². The normalized spacial score (nSPS) is 24.0. The van der Waals surface area contributed by atoms with Gasteiger partial charge < -0.3 is 26.6 Å². The molecule has 2 aliphatic heterocycles. The quantitative estimate of drug-likeness (QED) is 0.385. The summed E-state index contributed by atoms with van der Waals surface area (Å²) in [6, 6.07) is 17.4. The van der Waals surface area contributed by atoms with Crippen molar-refractivity contribution in [2.75, 3.05) is 13.1 Å². The zero-order chi connectivity index (χ0) is 27.1. The van der Waals surface area contributed by atoms with E-state index in [0.29, 0.717) is 19.4 Å². The van der Waals surface area contributed by atoms with Crippen LogP contribution in [0.25, 0.3) is 0 Å². The lowest BCUT2D eigenvalue weighted by atomic mass is 9.92. The molecule has 38 heavy (non-hydrogen) atoms. The highest BCUT2D eigenvalue weighted by Crippen LogP contribution is 2.34. The average molecular weight is 520 g/mol. The molecule has 3 amide bonds. The van der Waals surface area contributed by atoms with Crippen LogP contribution >= 0.6 is 0 Å². The Morgan fingerprint density at radius 3 is 2.13 bits per heavy atom. The van der Waals surface area contributed by atoms with Gasteiger partial charge in [-0.05, 0) is 49.8 Å². The van der Waals surface area contributed by atoms with Crippen molar-refractivity contribution in [3.8, 4) is 0 Å². The Balaban J connectivity index is 1.58. The van der Waals surface area contributed by atoms with E-state index in [1.54, 1.807) is 4.90 Å². The molecule has 8 heteroatoms. The molecule has 0 spiro atoms. The summed E-state index contributed by atoms with van der Waals surface area (Å²) in [6.07, 6.45) is 3.46. The van der Waals surface area contributed by atoms with Gasteiger partial charge in [0.05, 0.1) is 12.1 Å². The number of hydrogen-bond donors (Lipinski definition) is 4. The van der Waals surface area contributed by atoms with Gasteiger partial charge in [-0.25, -0.2) is 0 Å². The molecule has 2 saturated heterocycles. The average Bonchev–Trinajstić information content (AvgIpc) is 3.34. The molecule has 8 nitrogen and oxygen atoms in total. The van der Waals surface area contributed by atoms with Crippen molar-refractivity contribution in [1.29, 1.82) is 0 Å². The van der Waals surface area contributed by atoms with Crippen LogP contribution in [0.2, 0.25) is 0 Å². The van der Waals surface area contributed by atoms with Gasteiger partial charge in [0, 0.05) is 18.5 Å². The summed E-state index contributed by atoms with van der Waals surface area (Å²) in [4.78, 5) is 42.4. The van der Waals surface area contributed by atoms with Crippen LogP contribution in [0.5, 0.6) is 0 Å². The number of carbonyl (C=O) groups excluding carboxylic acids is 3. The second-order valence-corrected chi connectivity index (χ2v) is 10.4.